The maximum absolute atomic E-state index is 13.4. The largest absolute Gasteiger partial charge is 0.351 e. The van der Waals surface area contributed by atoms with E-state index >= 15 is 0 Å². The molecule has 0 spiro atoms. The number of nitrogens with zero attached hydrogens (tertiary/aromatic N) is 1. The molecule has 3 aromatic rings. The maximum Gasteiger partial charge on any atom is 0.252 e. The van der Waals surface area contributed by atoms with E-state index in [4.69, 9.17) is 0 Å². The number of nitrogens with one attached hydrogen (secondary N) is 1. The molecule has 1 heterocycles. The number of hydrogen-bond donors (Lipinski definition) is 1. The first-order valence-corrected chi connectivity index (χ1v) is 11.6. The molecule has 0 bridgehead atoms. The summed E-state index contributed by atoms with van der Waals surface area (Å²) in [5, 5.41) is 2.71. The van der Waals surface area contributed by atoms with Gasteiger partial charge in [-0.15, -0.1) is 11.3 Å². The van der Waals surface area contributed by atoms with E-state index in [9.17, 15) is 13.2 Å². The van der Waals surface area contributed by atoms with E-state index in [0.717, 1.165) is 16.0 Å². The Morgan fingerprint density at radius 2 is 1.55 bits per heavy atom. The Hall–Kier alpha value is -2.48. The van der Waals surface area contributed by atoms with Crippen molar-refractivity contribution in [2.24, 2.45) is 0 Å². The van der Waals surface area contributed by atoms with Crippen LogP contribution in [0.4, 0.5) is 0 Å². The number of carbonyl (C=O) groups excluding carboxylic acids is 1. The third-order valence-electron chi connectivity index (χ3n) is 4.44. The highest BCUT2D eigenvalue weighted by Gasteiger charge is 2.26. The van der Waals surface area contributed by atoms with Gasteiger partial charge in [0.1, 0.15) is 4.21 Å². The molecule has 7 heteroatoms. The summed E-state index contributed by atoms with van der Waals surface area (Å²) in [6, 6.07) is 22.9. The predicted octanol–water partition coefficient (Wildman–Crippen LogP) is 3.82. The second kappa shape index (κ2) is 9.82. The lowest BCUT2D eigenvalue weighted by Crippen LogP contribution is -2.32. The highest BCUT2D eigenvalue weighted by atomic mass is 32.2. The summed E-state index contributed by atoms with van der Waals surface area (Å²) in [7, 11) is -3.65. The highest BCUT2D eigenvalue weighted by molar-refractivity contribution is 7.91. The van der Waals surface area contributed by atoms with E-state index in [0.29, 0.717) is 30.3 Å². The lowest BCUT2D eigenvalue weighted by atomic mass is 10.1. The van der Waals surface area contributed by atoms with Crippen LogP contribution in [-0.4, -0.2) is 25.2 Å². The number of hydrogen-bond acceptors (Lipinski definition) is 4. The van der Waals surface area contributed by atoms with Crippen molar-refractivity contribution in [3.05, 3.63) is 88.8 Å². The maximum atomic E-state index is 13.4. The zero-order valence-electron chi connectivity index (χ0n) is 16.2. The molecule has 152 valence electrons. The molecule has 0 saturated heterocycles. The molecule has 1 amide bonds. The van der Waals surface area contributed by atoms with Crippen LogP contribution >= 0.6 is 11.3 Å². The van der Waals surface area contributed by atoms with Crippen LogP contribution in [0.2, 0.25) is 0 Å². The molecular weight excluding hydrogens is 404 g/mol. The van der Waals surface area contributed by atoms with Crippen LogP contribution in [0.15, 0.2) is 77.0 Å². The normalized spacial score (nSPS) is 11.5. The third kappa shape index (κ3) is 6.00. The van der Waals surface area contributed by atoms with Crippen LogP contribution < -0.4 is 5.32 Å². The van der Waals surface area contributed by atoms with Crippen molar-refractivity contribution in [1.29, 1.82) is 0 Å². The molecular formula is C22H24N2O3S2. The zero-order valence-corrected chi connectivity index (χ0v) is 17.9. The fourth-order valence-corrected chi connectivity index (χ4v) is 5.78. The summed E-state index contributed by atoms with van der Waals surface area (Å²) in [5.41, 5.74) is 2.04. The zero-order chi connectivity index (χ0) is 20.7. The Bertz CT molecular complexity index is 1030. The van der Waals surface area contributed by atoms with Crippen molar-refractivity contribution in [3.63, 3.8) is 0 Å². The number of thiophene rings is 1. The van der Waals surface area contributed by atoms with Gasteiger partial charge in [0.25, 0.3) is 10.0 Å². The van der Waals surface area contributed by atoms with Gasteiger partial charge in [-0.1, -0.05) is 60.7 Å². The molecule has 0 radical (unpaired) electrons. The molecule has 0 fully saturated rings. The van der Waals surface area contributed by atoms with Gasteiger partial charge in [-0.3, -0.25) is 4.79 Å². The van der Waals surface area contributed by atoms with E-state index in [1.165, 1.54) is 22.6 Å². The van der Waals surface area contributed by atoms with Gasteiger partial charge in [-0.25, -0.2) is 8.42 Å². The van der Waals surface area contributed by atoms with E-state index < -0.39 is 10.0 Å². The molecule has 2 aromatic carbocycles. The summed E-state index contributed by atoms with van der Waals surface area (Å²) in [5.74, 6) is -0.142. The Balaban J connectivity index is 1.82. The number of amides is 1. The fourth-order valence-electron chi connectivity index (χ4n) is 2.90. The van der Waals surface area contributed by atoms with Gasteiger partial charge in [-0.05, 0) is 29.7 Å². The lowest BCUT2D eigenvalue weighted by molar-refractivity contribution is -0.119. The van der Waals surface area contributed by atoms with Gasteiger partial charge in [0.05, 0.1) is 6.54 Å². The van der Waals surface area contributed by atoms with Crippen molar-refractivity contribution in [2.75, 3.05) is 6.54 Å². The van der Waals surface area contributed by atoms with Gasteiger partial charge < -0.3 is 5.32 Å². The molecule has 1 aromatic heterocycles. The molecule has 0 aliphatic rings. The van der Waals surface area contributed by atoms with Gasteiger partial charge in [0.15, 0.2) is 0 Å². The lowest BCUT2D eigenvalue weighted by Gasteiger charge is -2.21. The summed E-state index contributed by atoms with van der Waals surface area (Å²) in [4.78, 5) is 11.9. The average molecular weight is 429 g/mol. The van der Waals surface area contributed by atoms with Gasteiger partial charge in [0.2, 0.25) is 5.91 Å². The fraction of sp³-hybridized carbons (Fsp3) is 0.227. The topological polar surface area (TPSA) is 66.5 Å². The number of rotatable bonds is 9. The first-order chi connectivity index (χ1) is 13.9. The first-order valence-electron chi connectivity index (χ1n) is 9.36. The molecule has 5 nitrogen and oxygen atoms in total. The summed E-state index contributed by atoms with van der Waals surface area (Å²) < 4.78 is 28.5. The minimum Gasteiger partial charge on any atom is -0.351 e. The minimum atomic E-state index is -3.65. The highest BCUT2D eigenvalue weighted by Crippen LogP contribution is 2.26. The van der Waals surface area contributed by atoms with Crippen LogP contribution in [0.5, 0.6) is 0 Å². The smallest absolute Gasteiger partial charge is 0.252 e. The number of sulfonamides is 1. The van der Waals surface area contributed by atoms with Crippen LogP contribution in [0.25, 0.3) is 0 Å². The molecule has 29 heavy (non-hydrogen) atoms. The molecule has 0 atom stereocenters. The van der Waals surface area contributed by atoms with Crippen LogP contribution in [0.3, 0.4) is 0 Å². The standard InChI is InChI=1S/C22H24N2O3S2/c1-18(25)23-16-21-12-13-22(28-21)29(26,27)24(17-20-10-6-3-7-11-20)15-14-19-8-4-2-5-9-19/h2-13H,14-17H2,1H3,(H,23,25). The SMILES string of the molecule is CC(=O)NCc1ccc(S(=O)(=O)N(CCc2ccccc2)Cc2ccccc2)s1. The predicted molar refractivity (Wildman–Crippen MR) is 116 cm³/mol. The van der Waals surface area contributed by atoms with Crippen molar-refractivity contribution in [1.82, 2.24) is 9.62 Å². The van der Waals surface area contributed by atoms with Crippen LogP contribution in [0.1, 0.15) is 22.9 Å². The van der Waals surface area contributed by atoms with Gasteiger partial charge >= 0.3 is 0 Å². The molecule has 0 saturated carbocycles. The Morgan fingerprint density at radius 1 is 0.931 bits per heavy atom. The Kier molecular flexibility index (Phi) is 7.19. The van der Waals surface area contributed by atoms with E-state index in [1.54, 1.807) is 12.1 Å². The molecule has 0 aliphatic heterocycles. The molecule has 0 aliphatic carbocycles. The van der Waals surface area contributed by atoms with Gasteiger partial charge in [-0.2, -0.15) is 4.31 Å². The first kappa shape index (κ1) is 21.2. The third-order valence-corrected chi connectivity index (χ3v) is 7.83. The average Bonchev–Trinajstić information content (AvgIpc) is 3.21. The van der Waals surface area contributed by atoms with E-state index in [-0.39, 0.29) is 5.91 Å². The van der Waals surface area contributed by atoms with Crippen LogP contribution in [0, 0.1) is 0 Å². The minimum absolute atomic E-state index is 0.142. The summed E-state index contributed by atoms with van der Waals surface area (Å²) in [6.07, 6.45) is 0.636. The Labute approximate surface area is 176 Å². The number of carbonyl (C=O) groups is 1. The quantitative estimate of drug-likeness (QED) is 0.563. The molecule has 3 rings (SSSR count). The Morgan fingerprint density at radius 3 is 2.17 bits per heavy atom. The molecule has 1 N–H and O–H groups in total. The van der Waals surface area contributed by atoms with Gasteiger partial charge in [0, 0.05) is 24.9 Å². The number of benzene rings is 2. The van der Waals surface area contributed by atoms with Crippen molar-refractivity contribution < 1.29 is 13.2 Å². The summed E-state index contributed by atoms with van der Waals surface area (Å²) >= 11 is 1.20. The second-order valence-electron chi connectivity index (χ2n) is 6.69. The monoisotopic (exact) mass is 428 g/mol. The molecule has 0 unspecified atom stereocenters. The van der Waals surface area contributed by atoms with Crippen molar-refractivity contribution in [3.8, 4) is 0 Å². The van der Waals surface area contributed by atoms with Crippen LogP contribution in [-0.2, 0) is 34.3 Å². The van der Waals surface area contributed by atoms with Crippen molar-refractivity contribution >= 4 is 27.3 Å². The summed E-state index contributed by atoms with van der Waals surface area (Å²) in [6.45, 7) is 2.48. The second-order valence-corrected chi connectivity index (χ2v) is 10.0. The van der Waals surface area contributed by atoms with E-state index in [1.807, 2.05) is 60.7 Å². The van der Waals surface area contributed by atoms with E-state index in [2.05, 4.69) is 5.32 Å². The van der Waals surface area contributed by atoms with Crippen molar-refractivity contribution in [2.45, 2.75) is 30.6 Å².